The Morgan fingerprint density at radius 2 is 1.77 bits per heavy atom. The molecular weight excluding hydrogens is 462 g/mol. The molecule has 1 heterocycles. The maximum absolute atomic E-state index is 12.3. The topological polar surface area (TPSA) is 119 Å². The summed E-state index contributed by atoms with van der Waals surface area (Å²) in [7, 11) is 0. The molecule has 0 saturated heterocycles. The SMILES string of the molecule is CC(NC(=O)CSc1nnc(N/N=C/c2cccc(Oc3ccccc3)c2)n1N)c1ccccc1. The monoisotopic (exact) mass is 487 g/mol. The van der Waals surface area contributed by atoms with Crippen LogP contribution in [-0.4, -0.2) is 32.7 Å². The zero-order chi connectivity index (χ0) is 24.5. The van der Waals surface area contributed by atoms with Gasteiger partial charge in [-0.1, -0.05) is 72.4 Å². The first kappa shape index (κ1) is 23.8. The van der Waals surface area contributed by atoms with E-state index in [4.69, 9.17) is 10.6 Å². The van der Waals surface area contributed by atoms with E-state index in [1.807, 2.05) is 91.9 Å². The Hall–Kier alpha value is -4.31. The van der Waals surface area contributed by atoms with Gasteiger partial charge in [-0.15, -0.1) is 10.2 Å². The van der Waals surface area contributed by atoms with Crippen LogP contribution in [0, 0.1) is 0 Å². The molecule has 0 aliphatic carbocycles. The van der Waals surface area contributed by atoms with Crippen LogP contribution in [-0.2, 0) is 4.79 Å². The van der Waals surface area contributed by atoms with Crippen molar-refractivity contribution in [3.63, 3.8) is 0 Å². The molecular formula is C25H25N7O2S. The number of hydrazone groups is 1. The summed E-state index contributed by atoms with van der Waals surface area (Å²) in [5, 5.41) is 15.5. The van der Waals surface area contributed by atoms with Gasteiger partial charge in [-0.2, -0.15) is 5.10 Å². The van der Waals surface area contributed by atoms with Gasteiger partial charge in [0.1, 0.15) is 11.5 Å². The second-order valence-corrected chi connectivity index (χ2v) is 8.46. The number of para-hydroxylation sites is 1. The number of thioether (sulfide) groups is 1. The summed E-state index contributed by atoms with van der Waals surface area (Å²) in [5.74, 6) is 7.78. The molecule has 0 aliphatic rings. The third-order valence-electron chi connectivity index (χ3n) is 4.89. The molecule has 1 atom stereocenters. The molecule has 4 aromatic rings. The Bertz CT molecular complexity index is 1280. The maximum atomic E-state index is 12.3. The fraction of sp³-hybridized carbons (Fsp3) is 0.120. The first-order valence-electron chi connectivity index (χ1n) is 10.9. The zero-order valence-corrected chi connectivity index (χ0v) is 19.9. The minimum atomic E-state index is -0.125. The maximum Gasteiger partial charge on any atom is 0.264 e. The molecule has 0 saturated carbocycles. The Balaban J connectivity index is 1.28. The van der Waals surface area contributed by atoms with Crippen molar-refractivity contribution < 1.29 is 9.53 Å². The van der Waals surface area contributed by atoms with Gasteiger partial charge in [0.25, 0.3) is 5.95 Å². The van der Waals surface area contributed by atoms with Crippen molar-refractivity contribution in [1.29, 1.82) is 0 Å². The van der Waals surface area contributed by atoms with Crippen LogP contribution in [0.15, 0.2) is 95.2 Å². The molecule has 3 aromatic carbocycles. The van der Waals surface area contributed by atoms with Gasteiger partial charge in [0.15, 0.2) is 0 Å². The molecule has 10 heteroatoms. The van der Waals surface area contributed by atoms with Crippen molar-refractivity contribution in [3.8, 4) is 11.5 Å². The highest BCUT2D eigenvalue weighted by Gasteiger charge is 2.14. The Kier molecular flexibility index (Phi) is 7.97. The van der Waals surface area contributed by atoms with Gasteiger partial charge in [0.2, 0.25) is 11.1 Å². The first-order chi connectivity index (χ1) is 17.1. The van der Waals surface area contributed by atoms with Crippen LogP contribution < -0.4 is 21.3 Å². The van der Waals surface area contributed by atoms with Crippen LogP contribution >= 0.6 is 11.8 Å². The molecule has 4 N–H and O–H groups in total. The number of benzene rings is 3. The number of nitrogen functional groups attached to an aromatic ring is 1. The molecule has 0 radical (unpaired) electrons. The van der Waals surface area contributed by atoms with Crippen LogP contribution in [0.1, 0.15) is 24.1 Å². The molecule has 1 amide bonds. The lowest BCUT2D eigenvalue weighted by molar-refractivity contribution is -0.119. The number of nitrogens with zero attached hydrogens (tertiary/aromatic N) is 4. The predicted octanol–water partition coefficient (Wildman–Crippen LogP) is 4.20. The van der Waals surface area contributed by atoms with Gasteiger partial charge in [0, 0.05) is 0 Å². The number of nitrogens with two attached hydrogens (primary N) is 1. The van der Waals surface area contributed by atoms with E-state index < -0.39 is 0 Å². The molecule has 1 unspecified atom stereocenters. The average Bonchev–Trinajstić information content (AvgIpc) is 3.23. The lowest BCUT2D eigenvalue weighted by atomic mass is 10.1. The predicted molar refractivity (Wildman–Crippen MR) is 138 cm³/mol. The lowest BCUT2D eigenvalue weighted by Gasteiger charge is -2.13. The van der Waals surface area contributed by atoms with Crippen LogP contribution in [0.2, 0.25) is 0 Å². The Morgan fingerprint density at radius 3 is 2.54 bits per heavy atom. The van der Waals surface area contributed by atoms with E-state index in [0.717, 1.165) is 16.9 Å². The lowest BCUT2D eigenvalue weighted by Crippen LogP contribution is -2.28. The van der Waals surface area contributed by atoms with E-state index in [9.17, 15) is 4.79 Å². The van der Waals surface area contributed by atoms with Crippen molar-refractivity contribution in [2.24, 2.45) is 5.10 Å². The molecule has 0 bridgehead atoms. The minimum absolute atomic E-state index is 0.0943. The number of rotatable bonds is 10. The van der Waals surface area contributed by atoms with Gasteiger partial charge in [0.05, 0.1) is 18.0 Å². The second-order valence-electron chi connectivity index (χ2n) is 7.52. The molecule has 0 spiro atoms. The number of aromatic nitrogens is 3. The number of amides is 1. The van der Waals surface area contributed by atoms with Crippen molar-refractivity contribution in [2.45, 2.75) is 18.1 Å². The quantitative estimate of drug-likeness (QED) is 0.133. The molecule has 4 rings (SSSR count). The second kappa shape index (κ2) is 11.7. The van der Waals surface area contributed by atoms with Gasteiger partial charge in [-0.25, -0.2) is 10.1 Å². The van der Waals surface area contributed by atoms with E-state index in [2.05, 4.69) is 26.0 Å². The zero-order valence-electron chi connectivity index (χ0n) is 19.0. The molecule has 9 nitrogen and oxygen atoms in total. The summed E-state index contributed by atoms with van der Waals surface area (Å²) < 4.78 is 7.09. The van der Waals surface area contributed by atoms with Crippen molar-refractivity contribution in [3.05, 3.63) is 96.1 Å². The Labute approximate surface area is 207 Å². The summed E-state index contributed by atoms with van der Waals surface area (Å²) >= 11 is 1.19. The van der Waals surface area contributed by atoms with Crippen LogP contribution in [0.4, 0.5) is 5.95 Å². The average molecular weight is 488 g/mol. The minimum Gasteiger partial charge on any atom is -0.457 e. The van der Waals surface area contributed by atoms with Gasteiger partial charge >= 0.3 is 0 Å². The summed E-state index contributed by atoms with van der Waals surface area (Å²) in [6, 6.07) is 26.7. The largest absolute Gasteiger partial charge is 0.457 e. The van der Waals surface area contributed by atoms with Gasteiger partial charge in [-0.05, 0) is 42.3 Å². The summed E-state index contributed by atoms with van der Waals surface area (Å²) in [6.45, 7) is 1.94. The summed E-state index contributed by atoms with van der Waals surface area (Å²) in [5.41, 5.74) is 4.63. The van der Waals surface area contributed by atoms with Crippen molar-refractivity contribution >= 4 is 29.8 Å². The first-order valence-corrected chi connectivity index (χ1v) is 11.9. The number of anilines is 1. The summed E-state index contributed by atoms with van der Waals surface area (Å²) in [4.78, 5) is 12.3. The van der Waals surface area contributed by atoms with Crippen molar-refractivity contribution in [2.75, 3.05) is 17.0 Å². The fourth-order valence-corrected chi connectivity index (χ4v) is 3.81. The third kappa shape index (κ3) is 6.84. The molecule has 0 aliphatic heterocycles. The van der Waals surface area contributed by atoms with Crippen molar-refractivity contribution in [1.82, 2.24) is 20.2 Å². The molecule has 0 fully saturated rings. The van der Waals surface area contributed by atoms with Crippen LogP contribution in [0.3, 0.4) is 0 Å². The van der Waals surface area contributed by atoms with Gasteiger partial charge in [-0.3, -0.25) is 4.79 Å². The normalized spacial score (nSPS) is 11.8. The van der Waals surface area contributed by atoms with Crippen LogP contribution in [0.25, 0.3) is 0 Å². The van der Waals surface area contributed by atoms with Gasteiger partial charge < -0.3 is 15.9 Å². The number of hydrogen-bond acceptors (Lipinski definition) is 8. The van der Waals surface area contributed by atoms with Crippen LogP contribution in [0.5, 0.6) is 11.5 Å². The van der Waals surface area contributed by atoms with E-state index in [-0.39, 0.29) is 23.7 Å². The number of carbonyl (C=O) groups is 1. The number of hydrogen-bond donors (Lipinski definition) is 3. The Morgan fingerprint density at radius 1 is 1.06 bits per heavy atom. The highest BCUT2D eigenvalue weighted by molar-refractivity contribution is 7.99. The highest BCUT2D eigenvalue weighted by Crippen LogP contribution is 2.21. The standard InChI is InChI=1S/C25H25N7O2S/c1-18(20-10-4-2-5-11-20)28-23(33)17-35-25-31-30-24(32(25)26)29-27-16-19-9-8-14-22(15-19)34-21-12-6-3-7-13-21/h2-16,18H,17,26H2,1H3,(H,28,33)(H,29,30)/b27-16+. The molecule has 178 valence electrons. The number of carbonyl (C=O) groups excluding carboxylic acids is 1. The van der Waals surface area contributed by atoms with E-state index in [0.29, 0.717) is 10.9 Å². The summed E-state index contributed by atoms with van der Waals surface area (Å²) in [6.07, 6.45) is 1.62. The fourth-order valence-electron chi connectivity index (χ4n) is 3.14. The number of nitrogens with one attached hydrogen (secondary N) is 2. The van der Waals surface area contributed by atoms with E-state index in [1.54, 1.807) is 6.21 Å². The van der Waals surface area contributed by atoms with E-state index in [1.165, 1.54) is 16.4 Å². The number of ether oxygens (including phenoxy) is 1. The van der Waals surface area contributed by atoms with E-state index >= 15 is 0 Å². The molecule has 35 heavy (non-hydrogen) atoms. The smallest absolute Gasteiger partial charge is 0.264 e. The highest BCUT2D eigenvalue weighted by atomic mass is 32.2. The molecule has 1 aromatic heterocycles. The third-order valence-corrected chi connectivity index (χ3v) is 5.83.